The summed E-state index contributed by atoms with van der Waals surface area (Å²) < 4.78 is 0. The summed E-state index contributed by atoms with van der Waals surface area (Å²) in [5.41, 5.74) is 5.76. The Labute approximate surface area is 94.0 Å². The topological polar surface area (TPSA) is 38.0 Å². The van der Waals surface area contributed by atoms with Crippen LogP contribution in [0.3, 0.4) is 0 Å². The molecule has 0 aromatic rings. The van der Waals surface area contributed by atoms with E-state index in [9.17, 15) is 0 Å². The van der Waals surface area contributed by atoms with Crippen LogP contribution in [0.4, 0.5) is 0 Å². The van der Waals surface area contributed by atoms with Gasteiger partial charge in [-0.2, -0.15) is 0 Å². The third-order valence-corrected chi connectivity index (χ3v) is 3.28. The van der Waals surface area contributed by atoms with Crippen LogP contribution in [0.2, 0.25) is 0 Å². The van der Waals surface area contributed by atoms with Gasteiger partial charge in [-0.3, -0.25) is 0 Å². The highest BCUT2D eigenvalue weighted by Gasteiger charge is 2.17. The van der Waals surface area contributed by atoms with Gasteiger partial charge in [0, 0.05) is 12.6 Å². The molecule has 0 heterocycles. The molecule has 0 aliphatic heterocycles. The van der Waals surface area contributed by atoms with Gasteiger partial charge in [0.15, 0.2) is 0 Å². The molecule has 0 aromatic heterocycles. The summed E-state index contributed by atoms with van der Waals surface area (Å²) in [6.45, 7) is 3.40. The summed E-state index contributed by atoms with van der Waals surface area (Å²) >= 11 is 0. The van der Waals surface area contributed by atoms with Crippen molar-refractivity contribution in [3.8, 4) is 11.8 Å². The molecule has 0 spiro atoms. The van der Waals surface area contributed by atoms with Crippen molar-refractivity contribution >= 4 is 0 Å². The van der Waals surface area contributed by atoms with Gasteiger partial charge in [-0.1, -0.05) is 38.0 Å². The Morgan fingerprint density at radius 3 is 2.67 bits per heavy atom. The quantitative estimate of drug-likeness (QED) is 0.677. The predicted molar refractivity (Wildman–Crippen MR) is 65.5 cm³/mol. The Morgan fingerprint density at radius 2 is 2.07 bits per heavy atom. The molecule has 1 saturated carbocycles. The summed E-state index contributed by atoms with van der Waals surface area (Å²) in [7, 11) is 0. The van der Waals surface area contributed by atoms with Crippen LogP contribution in [0.1, 0.15) is 45.4 Å². The van der Waals surface area contributed by atoms with Crippen molar-refractivity contribution in [2.75, 3.05) is 13.1 Å². The highest BCUT2D eigenvalue weighted by molar-refractivity contribution is 4.97. The number of hydrogen-bond acceptors (Lipinski definition) is 2. The van der Waals surface area contributed by atoms with Gasteiger partial charge in [0.1, 0.15) is 0 Å². The molecule has 3 N–H and O–H groups in total. The van der Waals surface area contributed by atoms with Gasteiger partial charge in [0.2, 0.25) is 0 Å². The Morgan fingerprint density at radius 1 is 1.33 bits per heavy atom. The van der Waals surface area contributed by atoms with E-state index >= 15 is 0 Å². The van der Waals surface area contributed by atoms with Crippen LogP contribution in [-0.4, -0.2) is 19.1 Å². The van der Waals surface area contributed by atoms with Crippen LogP contribution in [0.15, 0.2) is 0 Å². The van der Waals surface area contributed by atoms with Gasteiger partial charge in [-0.25, -0.2) is 0 Å². The van der Waals surface area contributed by atoms with Crippen molar-refractivity contribution in [2.45, 2.75) is 51.5 Å². The molecule has 86 valence electrons. The zero-order valence-electron chi connectivity index (χ0n) is 9.89. The second-order valence-corrected chi connectivity index (χ2v) is 4.48. The highest BCUT2D eigenvalue weighted by atomic mass is 14.9. The van der Waals surface area contributed by atoms with Crippen molar-refractivity contribution < 1.29 is 0 Å². The first-order valence-electron chi connectivity index (χ1n) is 6.20. The van der Waals surface area contributed by atoms with E-state index in [-0.39, 0.29) is 0 Å². The fraction of sp³-hybridized carbons (Fsp3) is 0.846. The van der Waals surface area contributed by atoms with E-state index in [1.807, 2.05) is 6.92 Å². The van der Waals surface area contributed by atoms with Gasteiger partial charge in [0.25, 0.3) is 0 Å². The van der Waals surface area contributed by atoms with Crippen LogP contribution < -0.4 is 11.1 Å². The third kappa shape index (κ3) is 5.20. The first kappa shape index (κ1) is 12.5. The number of nitrogens with one attached hydrogen (secondary N) is 1. The average Bonchev–Trinajstić information content (AvgIpc) is 2.29. The molecule has 0 saturated heterocycles. The van der Waals surface area contributed by atoms with Crippen molar-refractivity contribution in [1.29, 1.82) is 0 Å². The van der Waals surface area contributed by atoms with Crippen LogP contribution in [0, 0.1) is 17.8 Å². The molecule has 1 aliphatic carbocycles. The lowest BCUT2D eigenvalue weighted by Gasteiger charge is -2.26. The lowest BCUT2D eigenvalue weighted by atomic mass is 9.85. The molecular weight excluding hydrogens is 184 g/mol. The minimum atomic E-state index is 0.467. The second-order valence-electron chi connectivity index (χ2n) is 4.48. The van der Waals surface area contributed by atoms with Gasteiger partial charge in [0.05, 0.1) is 6.54 Å². The van der Waals surface area contributed by atoms with Crippen molar-refractivity contribution in [2.24, 2.45) is 11.7 Å². The Kier molecular flexibility index (Phi) is 6.47. The molecular formula is C13H24N2. The molecule has 1 fully saturated rings. The largest absolute Gasteiger partial charge is 0.329 e. The summed E-state index contributed by atoms with van der Waals surface area (Å²) in [5.74, 6) is 6.83. The monoisotopic (exact) mass is 208 g/mol. The lowest BCUT2D eigenvalue weighted by Crippen LogP contribution is -2.38. The smallest absolute Gasteiger partial charge is 0.0578 e. The SMILES string of the molecule is CC#CCNC(CN)CC1CCCCC1. The van der Waals surface area contributed by atoms with Gasteiger partial charge < -0.3 is 11.1 Å². The highest BCUT2D eigenvalue weighted by Crippen LogP contribution is 2.27. The summed E-state index contributed by atoms with van der Waals surface area (Å²) in [4.78, 5) is 0. The van der Waals surface area contributed by atoms with Gasteiger partial charge in [-0.15, -0.1) is 5.92 Å². The normalized spacial score (nSPS) is 19.3. The lowest BCUT2D eigenvalue weighted by molar-refractivity contribution is 0.303. The fourth-order valence-corrected chi connectivity index (χ4v) is 2.37. The Hall–Kier alpha value is -0.520. The van der Waals surface area contributed by atoms with E-state index in [0.29, 0.717) is 6.04 Å². The second kappa shape index (κ2) is 7.73. The molecule has 2 heteroatoms. The molecule has 0 amide bonds. The molecule has 15 heavy (non-hydrogen) atoms. The van der Waals surface area contributed by atoms with Crippen LogP contribution in [0.5, 0.6) is 0 Å². The standard InChI is InChI=1S/C13H24N2/c1-2-3-9-15-13(11-14)10-12-7-5-4-6-8-12/h12-13,15H,4-11,14H2,1H3. The van der Waals surface area contributed by atoms with Crippen molar-refractivity contribution in [3.63, 3.8) is 0 Å². The molecule has 2 nitrogen and oxygen atoms in total. The molecule has 1 unspecified atom stereocenters. The third-order valence-electron chi connectivity index (χ3n) is 3.28. The number of rotatable bonds is 5. The minimum absolute atomic E-state index is 0.467. The predicted octanol–water partition coefficient (Wildman–Crippen LogP) is 1.90. The van der Waals surface area contributed by atoms with Crippen molar-refractivity contribution in [3.05, 3.63) is 0 Å². The summed E-state index contributed by atoms with van der Waals surface area (Å²) in [6, 6.07) is 0.467. The molecule has 0 bridgehead atoms. The maximum absolute atomic E-state index is 5.76. The Bertz CT molecular complexity index is 208. The first-order valence-corrected chi connectivity index (χ1v) is 6.20. The van der Waals surface area contributed by atoms with E-state index in [4.69, 9.17) is 5.73 Å². The summed E-state index contributed by atoms with van der Waals surface area (Å²) in [5, 5.41) is 3.42. The van der Waals surface area contributed by atoms with Gasteiger partial charge in [-0.05, 0) is 19.3 Å². The number of hydrogen-bond donors (Lipinski definition) is 2. The zero-order valence-corrected chi connectivity index (χ0v) is 9.89. The van der Waals surface area contributed by atoms with E-state index in [1.54, 1.807) is 0 Å². The molecule has 1 atom stereocenters. The molecule has 0 radical (unpaired) electrons. The maximum Gasteiger partial charge on any atom is 0.0578 e. The van der Waals surface area contributed by atoms with E-state index < -0.39 is 0 Å². The molecule has 1 rings (SSSR count). The average molecular weight is 208 g/mol. The van der Waals surface area contributed by atoms with E-state index in [2.05, 4.69) is 17.2 Å². The van der Waals surface area contributed by atoms with E-state index in [0.717, 1.165) is 19.0 Å². The van der Waals surface area contributed by atoms with Crippen LogP contribution in [-0.2, 0) is 0 Å². The molecule has 1 aliphatic rings. The van der Waals surface area contributed by atoms with Gasteiger partial charge >= 0.3 is 0 Å². The Balaban J connectivity index is 2.21. The zero-order chi connectivity index (χ0) is 10.9. The first-order chi connectivity index (χ1) is 7.36. The maximum atomic E-state index is 5.76. The van der Waals surface area contributed by atoms with Crippen LogP contribution in [0.25, 0.3) is 0 Å². The molecule has 0 aromatic carbocycles. The number of nitrogens with two attached hydrogens (primary N) is 1. The van der Waals surface area contributed by atoms with Crippen LogP contribution >= 0.6 is 0 Å². The minimum Gasteiger partial charge on any atom is -0.329 e. The van der Waals surface area contributed by atoms with Crippen molar-refractivity contribution in [1.82, 2.24) is 5.32 Å². The summed E-state index contributed by atoms with van der Waals surface area (Å²) in [6.07, 6.45) is 8.29. The fourth-order valence-electron chi connectivity index (χ4n) is 2.37. The van der Waals surface area contributed by atoms with E-state index in [1.165, 1.54) is 38.5 Å².